The summed E-state index contributed by atoms with van der Waals surface area (Å²) in [5.74, 6) is -0.329. The number of hydrogen-bond acceptors (Lipinski definition) is 5. The number of benzene rings is 1. The summed E-state index contributed by atoms with van der Waals surface area (Å²) in [5, 5.41) is 8.35. The highest BCUT2D eigenvalue weighted by Gasteiger charge is 2.26. The number of anilines is 1. The maximum atomic E-state index is 12.2. The number of hydrogen-bond donors (Lipinski definition) is 3. The van der Waals surface area contributed by atoms with Crippen LogP contribution in [0.15, 0.2) is 54.9 Å². The predicted octanol–water partition coefficient (Wildman–Crippen LogP) is 1.38. The lowest BCUT2D eigenvalue weighted by molar-refractivity contribution is -0.121. The molecule has 1 aliphatic rings. The molecule has 1 aromatic carbocycles. The average Bonchev–Trinajstić information content (AvgIpc) is 2.63. The molecule has 0 bridgehead atoms. The number of para-hydroxylation sites is 1. The topological polar surface area (TPSA) is 86.4 Å². The van der Waals surface area contributed by atoms with Crippen molar-refractivity contribution in [3.63, 3.8) is 0 Å². The van der Waals surface area contributed by atoms with Crippen LogP contribution in [0, 0.1) is 0 Å². The molecule has 3 N–H and O–H groups in total. The van der Waals surface area contributed by atoms with Crippen molar-refractivity contribution in [2.45, 2.75) is 6.04 Å². The zero-order valence-corrected chi connectivity index (χ0v) is 13.8. The van der Waals surface area contributed by atoms with Crippen LogP contribution >= 0.6 is 0 Å². The van der Waals surface area contributed by atoms with Gasteiger partial charge in [0, 0.05) is 43.8 Å². The minimum atomic E-state index is -0.524. The Labute approximate surface area is 146 Å². The van der Waals surface area contributed by atoms with Gasteiger partial charge in [-0.15, -0.1) is 0 Å². The van der Waals surface area contributed by atoms with Gasteiger partial charge in [-0.1, -0.05) is 24.3 Å². The first-order valence-corrected chi connectivity index (χ1v) is 8.23. The number of pyridine rings is 1. The van der Waals surface area contributed by atoms with Crippen LogP contribution in [0.25, 0.3) is 0 Å². The molecule has 3 amide bonds. The highest BCUT2D eigenvalue weighted by Crippen LogP contribution is 2.20. The first-order chi connectivity index (χ1) is 12.2. The van der Waals surface area contributed by atoms with E-state index in [0.717, 1.165) is 25.2 Å². The lowest BCUT2D eigenvalue weighted by Crippen LogP contribution is -2.50. The van der Waals surface area contributed by atoms with Crippen LogP contribution in [0.2, 0.25) is 0 Å². The number of piperazine rings is 1. The second kappa shape index (κ2) is 8.36. The molecule has 3 rings (SSSR count). The molecule has 7 heteroatoms. The summed E-state index contributed by atoms with van der Waals surface area (Å²) in [5.41, 5.74) is 1.69. The molecular formula is C18H21N5O2. The van der Waals surface area contributed by atoms with Crippen LogP contribution in [-0.2, 0) is 4.79 Å². The van der Waals surface area contributed by atoms with Crippen molar-refractivity contribution in [1.29, 1.82) is 0 Å². The third-order valence-corrected chi connectivity index (χ3v) is 4.05. The maximum absolute atomic E-state index is 12.2. The largest absolute Gasteiger partial charge is 0.325 e. The molecule has 0 saturated carbocycles. The molecule has 2 aromatic rings. The van der Waals surface area contributed by atoms with Gasteiger partial charge < -0.3 is 10.6 Å². The fourth-order valence-corrected chi connectivity index (χ4v) is 2.87. The lowest BCUT2D eigenvalue weighted by atomic mass is 10.1. The van der Waals surface area contributed by atoms with Gasteiger partial charge in [-0.25, -0.2) is 4.79 Å². The molecule has 0 radical (unpaired) electrons. The Morgan fingerprint density at radius 2 is 2.04 bits per heavy atom. The highest BCUT2D eigenvalue weighted by atomic mass is 16.2. The third kappa shape index (κ3) is 4.85. The minimum Gasteiger partial charge on any atom is -0.314 e. The first-order valence-electron chi connectivity index (χ1n) is 8.23. The summed E-state index contributed by atoms with van der Waals surface area (Å²) < 4.78 is 0. The van der Waals surface area contributed by atoms with Gasteiger partial charge in [0.05, 0.1) is 6.54 Å². The Hall–Kier alpha value is -2.77. The number of aromatic nitrogens is 1. The van der Waals surface area contributed by atoms with E-state index in [0.29, 0.717) is 5.69 Å². The van der Waals surface area contributed by atoms with E-state index < -0.39 is 6.03 Å². The normalized spacial score (nSPS) is 17.7. The zero-order valence-electron chi connectivity index (χ0n) is 13.8. The van der Waals surface area contributed by atoms with Gasteiger partial charge in [-0.05, 0) is 23.8 Å². The molecule has 1 atom stereocenters. The van der Waals surface area contributed by atoms with Crippen LogP contribution in [0.4, 0.5) is 10.5 Å². The van der Waals surface area contributed by atoms with E-state index in [9.17, 15) is 9.59 Å². The number of rotatable bonds is 4. The Bertz CT molecular complexity index is 708. The molecule has 0 spiro atoms. The number of imide groups is 1. The van der Waals surface area contributed by atoms with E-state index in [1.807, 2.05) is 36.5 Å². The standard InChI is InChI=1S/C18H21N5O2/c24-17(22-18(25)21-15-6-2-1-3-7-15)13-23-10-9-20-12-16(23)14-5-4-8-19-11-14/h1-8,11,16,20H,9-10,12-13H2,(H2,21,22,24,25). The third-order valence-electron chi connectivity index (χ3n) is 4.05. The van der Waals surface area contributed by atoms with E-state index >= 15 is 0 Å². The number of amides is 3. The van der Waals surface area contributed by atoms with Gasteiger partial charge >= 0.3 is 6.03 Å². The average molecular weight is 339 g/mol. The monoisotopic (exact) mass is 339 g/mol. The van der Waals surface area contributed by atoms with Crippen LogP contribution in [-0.4, -0.2) is 48.0 Å². The molecule has 7 nitrogen and oxygen atoms in total. The summed E-state index contributed by atoms with van der Waals surface area (Å²) in [6, 6.07) is 12.4. The molecular weight excluding hydrogens is 318 g/mol. The van der Waals surface area contributed by atoms with Gasteiger partial charge in [0.1, 0.15) is 0 Å². The van der Waals surface area contributed by atoms with E-state index in [1.54, 1.807) is 18.3 Å². The van der Waals surface area contributed by atoms with E-state index in [2.05, 4.69) is 25.8 Å². The summed E-state index contributed by atoms with van der Waals surface area (Å²) in [6.45, 7) is 2.44. The van der Waals surface area contributed by atoms with Crippen LogP contribution in [0.1, 0.15) is 11.6 Å². The van der Waals surface area contributed by atoms with Crippen LogP contribution in [0.5, 0.6) is 0 Å². The summed E-state index contributed by atoms with van der Waals surface area (Å²) in [4.78, 5) is 30.4. The summed E-state index contributed by atoms with van der Waals surface area (Å²) in [6.07, 6.45) is 3.54. The fraction of sp³-hybridized carbons (Fsp3) is 0.278. The number of nitrogens with zero attached hydrogens (tertiary/aromatic N) is 2. The minimum absolute atomic E-state index is 0.0605. The highest BCUT2D eigenvalue weighted by molar-refractivity contribution is 6.01. The maximum Gasteiger partial charge on any atom is 0.325 e. The van der Waals surface area contributed by atoms with Crippen molar-refractivity contribution in [3.05, 3.63) is 60.4 Å². The van der Waals surface area contributed by atoms with E-state index in [4.69, 9.17) is 0 Å². The van der Waals surface area contributed by atoms with Crippen molar-refractivity contribution < 1.29 is 9.59 Å². The van der Waals surface area contributed by atoms with Gasteiger partial charge in [0.2, 0.25) is 5.91 Å². The zero-order chi connectivity index (χ0) is 17.5. The molecule has 1 aliphatic heterocycles. The number of carbonyl (C=O) groups excluding carboxylic acids is 2. The number of carbonyl (C=O) groups is 2. The lowest BCUT2D eigenvalue weighted by Gasteiger charge is -2.35. The Morgan fingerprint density at radius 1 is 1.20 bits per heavy atom. The summed E-state index contributed by atoms with van der Waals surface area (Å²) >= 11 is 0. The molecule has 25 heavy (non-hydrogen) atoms. The van der Waals surface area contributed by atoms with E-state index in [1.165, 1.54) is 0 Å². The van der Waals surface area contributed by atoms with Crippen molar-refractivity contribution in [3.8, 4) is 0 Å². The molecule has 0 aliphatic carbocycles. The van der Waals surface area contributed by atoms with Gasteiger partial charge in [0.25, 0.3) is 0 Å². The molecule has 1 saturated heterocycles. The first kappa shape index (κ1) is 17.1. The van der Waals surface area contributed by atoms with Crippen molar-refractivity contribution in [2.75, 3.05) is 31.5 Å². The second-order valence-electron chi connectivity index (χ2n) is 5.85. The quantitative estimate of drug-likeness (QED) is 0.783. The van der Waals surface area contributed by atoms with E-state index in [-0.39, 0.29) is 18.5 Å². The summed E-state index contributed by atoms with van der Waals surface area (Å²) in [7, 11) is 0. The molecule has 1 aromatic heterocycles. The number of nitrogens with one attached hydrogen (secondary N) is 3. The smallest absolute Gasteiger partial charge is 0.314 e. The van der Waals surface area contributed by atoms with Gasteiger partial charge in [-0.3, -0.25) is 20.0 Å². The van der Waals surface area contributed by atoms with Gasteiger partial charge in [0.15, 0.2) is 0 Å². The van der Waals surface area contributed by atoms with Crippen molar-refractivity contribution in [1.82, 2.24) is 20.5 Å². The molecule has 130 valence electrons. The van der Waals surface area contributed by atoms with Crippen molar-refractivity contribution >= 4 is 17.6 Å². The second-order valence-corrected chi connectivity index (χ2v) is 5.85. The Balaban J connectivity index is 1.56. The van der Waals surface area contributed by atoms with Crippen molar-refractivity contribution in [2.24, 2.45) is 0 Å². The van der Waals surface area contributed by atoms with Gasteiger partial charge in [-0.2, -0.15) is 0 Å². The predicted molar refractivity (Wildman–Crippen MR) is 95.0 cm³/mol. The van der Waals surface area contributed by atoms with Crippen LogP contribution < -0.4 is 16.0 Å². The fourth-order valence-electron chi connectivity index (χ4n) is 2.87. The Kier molecular flexibility index (Phi) is 5.71. The number of urea groups is 1. The molecule has 1 fully saturated rings. The Morgan fingerprint density at radius 3 is 2.80 bits per heavy atom. The van der Waals surface area contributed by atoms with Crippen LogP contribution in [0.3, 0.4) is 0 Å². The molecule has 1 unspecified atom stereocenters. The SMILES string of the molecule is O=C(CN1CCNCC1c1cccnc1)NC(=O)Nc1ccccc1. The molecule has 2 heterocycles.